The highest BCUT2D eigenvalue weighted by Crippen LogP contribution is 2.13. The van der Waals surface area contributed by atoms with Crippen LogP contribution in [0.25, 0.3) is 0 Å². The number of carbonyl (C=O) groups is 2. The molecule has 0 radical (unpaired) electrons. The van der Waals surface area contributed by atoms with Crippen LogP contribution in [0.3, 0.4) is 0 Å². The van der Waals surface area contributed by atoms with Gasteiger partial charge < -0.3 is 14.6 Å². The highest BCUT2D eigenvalue weighted by Gasteiger charge is 2.22. The van der Waals surface area contributed by atoms with Gasteiger partial charge >= 0.3 is 5.97 Å². The van der Waals surface area contributed by atoms with E-state index in [0.717, 1.165) is 6.42 Å². The van der Waals surface area contributed by atoms with Gasteiger partial charge in [-0.2, -0.15) is 0 Å². The lowest BCUT2D eigenvalue weighted by atomic mass is 10.0. The van der Waals surface area contributed by atoms with E-state index in [9.17, 15) is 9.59 Å². The van der Waals surface area contributed by atoms with Crippen molar-refractivity contribution >= 4 is 11.9 Å². The number of nitrogens with one attached hydrogen (secondary N) is 1. The molecule has 1 heterocycles. The number of rotatable bonds is 5. The zero-order valence-electron chi connectivity index (χ0n) is 12.0. The number of esters is 1. The van der Waals surface area contributed by atoms with Gasteiger partial charge in [-0.15, -0.1) is 0 Å². The largest absolute Gasteiger partial charge is 0.452 e. The monoisotopic (exact) mass is 268 g/mol. The lowest BCUT2D eigenvalue weighted by Crippen LogP contribution is -2.44. The molecule has 0 aliphatic carbocycles. The molecule has 0 unspecified atom stereocenters. The predicted octanol–water partition coefficient (Wildman–Crippen LogP) is 1.75. The lowest BCUT2D eigenvalue weighted by molar-refractivity contribution is -0.125. The Morgan fingerprint density at radius 2 is 2.00 bits per heavy atom. The first-order valence-corrected chi connectivity index (χ1v) is 6.18. The Morgan fingerprint density at radius 1 is 1.37 bits per heavy atom. The molecule has 0 bridgehead atoms. The van der Waals surface area contributed by atoms with Crippen LogP contribution in [0.15, 0.2) is 4.52 Å². The van der Waals surface area contributed by atoms with E-state index < -0.39 is 5.97 Å². The Morgan fingerprint density at radius 3 is 2.47 bits per heavy atom. The molecule has 19 heavy (non-hydrogen) atoms. The molecule has 0 fully saturated rings. The molecule has 0 spiro atoms. The fraction of sp³-hybridized carbons (Fsp3) is 0.615. The highest BCUT2D eigenvalue weighted by atomic mass is 16.5. The van der Waals surface area contributed by atoms with Crippen LogP contribution in [0, 0.1) is 13.8 Å². The first kappa shape index (κ1) is 15.2. The fourth-order valence-electron chi connectivity index (χ4n) is 1.48. The van der Waals surface area contributed by atoms with Gasteiger partial charge in [0.05, 0.1) is 5.69 Å². The van der Waals surface area contributed by atoms with Gasteiger partial charge in [-0.05, 0) is 34.1 Å². The maximum atomic E-state index is 11.8. The van der Waals surface area contributed by atoms with Crippen LogP contribution in [0.1, 0.15) is 49.0 Å². The van der Waals surface area contributed by atoms with Crippen molar-refractivity contribution in [3.8, 4) is 0 Å². The summed E-state index contributed by atoms with van der Waals surface area (Å²) in [7, 11) is 0. The molecule has 6 nitrogen and oxygen atoms in total. The van der Waals surface area contributed by atoms with Gasteiger partial charge in [-0.25, -0.2) is 4.79 Å². The summed E-state index contributed by atoms with van der Waals surface area (Å²) in [6.45, 7) is 8.73. The van der Waals surface area contributed by atoms with Crippen molar-refractivity contribution in [3.63, 3.8) is 0 Å². The summed E-state index contributed by atoms with van der Waals surface area (Å²) >= 11 is 0. The average molecular weight is 268 g/mol. The molecule has 0 saturated heterocycles. The quantitative estimate of drug-likeness (QED) is 0.823. The van der Waals surface area contributed by atoms with E-state index in [4.69, 9.17) is 9.26 Å². The summed E-state index contributed by atoms with van der Waals surface area (Å²) in [5.41, 5.74) is 0.423. The molecule has 1 aromatic rings. The number of hydrogen-bond donors (Lipinski definition) is 1. The molecule has 0 aromatic carbocycles. The molecule has 1 amide bonds. The number of nitrogens with zero attached hydrogens (tertiary/aromatic N) is 1. The number of hydrogen-bond acceptors (Lipinski definition) is 5. The Hall–Kier alpha value is -1.85. The van der Waals surface area contributed by atoms with E-state index >= 15 is 0 Å². The summed E-state index contributed by atoms with van der Waals surface area (Å²) in [6.07, 6.45) is 0.788. The van der Waals surface area contributed by atoms with E-state index in [-0.39, 0.29) is 23.6 Å². The standard InChI is InChI=1S/C13H20N2O4/c1-6-13(4,5)14-10(16)7-18-12(17)11-8(2)15-19-9(11)3/h6-7H2,1-5H3,(H,14,16). The van der Waals surface area contributed by atoms with E-state index in [1.54, 1.807) is 13.8 Å². The zero-order valence-corrected chi connectivity index (χ0v) is 12.0. The molecule has 1 N–H and O–H groups in total. The van der Waals surface area contributed by atoms with Crippen molar-refractivity contribution in [3.05, 3.63) is 17.0 Å². The second kappa shape index (κ2) is 5.86. The van der Waals surface area contributed by atoms with Crippen LogP contribution >= 0.6 is 0 Å². The van der Waals surface area contributed by atoms with Crippen molar-refractivity contribution in [2.45, 2.75) is 46.6 Å². The molecule has 1 rings (SSSR count). The van der Waals surface area contributed by atoms with E-state index in [2.05, 4.69) is 10.5 Å². The molecular formula is C13H20N2O4. The van der Waals surface area contributed by atoms with Crippen molar-refractivity contribution < 1.29 is 18.8 Å². The van der Waals surface area contributed by atoms with Gasteiger partial charge in [0.15, 0.2) is 6.61 Å². The summed E-state index contributed by atoms with van der Waals surface area (Å²) in [5, 5.41) is 6.44. The minimum absolute atomic E-state index is 0.280. The molecule has 106 valence electrons. The summed E-state index contributed by atoms with van der Waals surface area (Å²) < 4.78 is 9.82. The number of aryl methyl sites for hydroxylation is 2. The second-order valence-corrected chi connectivity index (χ2v) is 5.06. The van der Waals surface area contributed by atoms with Gasteiger partial charge in [0.25, 0.3) is 5.91 Å². The molecule has 0 aliphatic rings. The predicted molar refractivity (Wildman–Crippen MR) is 68.8 cm³/mol. The number of amides is 1. The minimum Gasteiger partial charge on any atom is -0.452 e. The minimum atomic E-state index is -0.597. The Balaban J connectivity index is 2.54. The van der Waals surface area contributed by atoms with Crippen molar-refractivity contribution in [2.75, 3.05) is 6.61 Å². The van der Waals surface area contributed by atoms with E-state index in [0.29, 0.717) is 11.5 Å². The smallest absolute Gasteiger partial charge is 0.344 e. The third-order valence-electron chi connectivity index (χ3n) is 2.93. The molecule has 6 heteroatoms. The molecular weight excluding hydrogens is 248 g/mol. The van der Waals surface area contributed by atoms with Crippen LogP contribution in [0.2, 0.25) is 0 Å². The van der Waals surface area contributed by atoms with Crippen LogP contribution in [-0.2, 0) is 9.53 Å². The second-order valence-electron chi connectivity index (χ2n) is 5.06. The van der Waals surface area contributed by atoms with Gasteiger partial charge in [-0.3, -0.25) is 4.79 Å². The maximum Gasteiger partial charge on any atom is 0.344 e. The molecule has 0 saturated carbocycles. The summed E-state index contributed by atoms with van der Waals surface area (Å²) in [4.78, 5) is 23.4. The van der Waals surface area contributed by atoms with Crippen LogP contribution in [0.5, 0.6) is 0 Å². The molecule has 0 aliphatic heterocycles. The van der Waals surface area contributed by atoms with Gasteiger partial charge in [-0.1, -0.05) is 12.1 Å². The first-order valence-electron chi connectivity index (χ1n) is 6.18. The van der Waals surface area contributed by atoms with Crippen molar-refractivity contribution in [2.24, 2.45) is 0 Å². The van der Waals surface area contributed by atoms with Crippen LogP contribution in [-0.4, -0.2) is 29.2 Å². The van der Waals surface area contributed by atoms with Crippen LogP contribution in [0.4, 0.5) is 0 Å². The Labute approximate surface area is 112 Å². The van der Waals surface area contributed by atoms with Gasteiger partial charge in [0.2, 0.25) is 0 Å². The van der Waals surface area contributed by atoms with Crippen molar-refractivity contribution in [1.82, 2.24) is 10.5 Å². The maximum absolute atomic E-state index is 11.8. The molecule has 1 aromatic heterocycles. The summed E-state index contributed by atoms with van der Waals surface area (Å²) in [6, 6.07) is 0. The van der Waals surface area contributed by atoms with E-state index in [1.165, 1.54) is 0 Å². The highest BCUT2D eigenvalue weighted by molar-refractivity contribution is 5.93. The third-order valence-corrected chi connectivity index (χ3v) is 2.93. The lowest BCUT2D eigenvalue weighted by Gasteiger charge is -2.24. The van der Waals surface area contributed by atoms with Crippen molar-refractivity contribution in [1.29, 1.82) is 0 Å². The normalized spacial score (nSPS) is 11.2. The zero-order chi connectivity index (χ0) is 14.6. The number of aromatic nitrogens is 1. The number of carbonyl (C=O) groups excluding carboxylic acids is 2. The molecule has 0 atom stereocenters. The fourth-order valence-corrected chi connectivity index (χ4v) is 1.48. The van der Waals surface area contributed by atoms with Crippen LogP contribution < -0.4 is 5.32 Å². The SMILES string of the molecule is CCC(C)(C)NC(=O)COC(=O)c1c(C)noc1C. The van der Waals surface area contributed by atoms with Gasteiger partial charge in [0, 0.05) is 5.54 Å². The van der Waals surface area contributed by atoms with E-state index in [1.807, 2.05) is 20.8 Å². The average Bonchev–Trinajstić information content (AvgIpc) is 2.66. The number of ether oxygens (including phenoxy) is 1. The topological polar surface area (TPSA) is 81.4 Å². The first-order chi connectivity index (χ1) is 8.76. The van der Waals surface area contributed by atoms with Gasteiger partial charge in [0.1, 0.15) is 11.3 Å². The Kier molecular flexibility index (Phi) is 4.69. The Bertz CT molecular complexity index is 457. The third kappa shape index (κ3) is 4.08. The summed E-state index contributed by atoms with van der Waals surface area (Å²) in [5.74, 6) is -0.538.